The highest BCUT2D eigenvalue weighted by Gasteiger charge is 2.37. The molecular formula is C25H30N2O5. The lowest BCUT2D eigenvalue weighted by Gasteiger charge is -2.24. The van der Waals surface area contributed by atoms with E-state index in [1.54, 1.807) is 0 Å². The molecule has 32 heavy (non-hydrogen) atoms. The summed E-state index contributed by atoms with van der Waals surface area (Å²) in [5.41, 5.74) is 2.75. The van der Waals surface area contributed by atoms with Crippen LogP contribution in [0.2, 0.25) is 0 Å². The van der Waals surface area contributed by atoms with Crippen molar-refractivity contribution < 1.29 is 24.6 Å². The number of carboxylic acid groups (broad SMARTS) is 1. The van der Waals surface area contributed by atoms with Crippen molar-refractivity contribution in [1.29, 1.82) is 0 Å². The second-order valence-electron chi connectivity index (χ2n) is 8.11. The number of carboxylic acids is 1. The van der Waals surface area contributed by atoms with Gasteiger partial charge in [0.15, 0.2) is 0 Å². The number of nitrogens with zero attached hydrogens (tertiary/aromatic N) is 1. The predicted octanol–water partition coefficient (Wildman–Crippen LogP) is 4.12. The molecule has 2 atom stereocenters. The topological polar surface area (TPSA) is 107 Å². The highest BCUT2D eigenvalue weighted by molar-refractivity contribution is 6.04. The van der Waals surface area contributed by atoms with E-state index >= 15 is 0 Å². The van der Waals surface area contributed by atoms with Crippen LogP contribution < -0.4 is 5.32 Å². The maximum Gasteiger partial charge on any atom is 0.324 e. The minimum absolute atomic E-state index is 0.150. The van der Waals surface area contributed by atoms with Gasteiger partial charge >= 0.3 is 12.0 Å². The van der Waals surface area contributed by atoms with Crippen LogP contribution in [0.15, 0.2) is 54.6 Å². The number of aliphatic carboxylic acids is 1. The van der Waals surface area contributed by atoms with Gasteiger partial charge in [0.2, 0.25) is 0 Å². The second-order valence-corrected chi connectivity index (χ2v) is 8.11. The number of carbonyl (C=O) groups excluding carboxylic acids is 2. The highest BCUT2D eigenvalue weighted by Crippen LogP contribution is 2.30. The summed E-state index contributed by atoms with van der Waals surface area (Å²) in [7, 11) is 0. The number of hydrogen-bond donors (Lipinski definition) is 3. The number of nitrogens with one attached hydrogen (secondary N) is 1. The van der Waals surface area contributed by atoms with Crippen LogP contribution in [0.5, 0.6) is 0 Å². The van der Waals surface area contributed by atoms with Crippen LogP contribution in [0.1, 0.15) is 56.6 Å². The van der Waals surface area contributed by atoms with Crippen molar-refractivity contribution in [1.82, 2.24) is 10.2 Å². The molecule has 0 spiro atoms. The summed E-state index contributed by atoms with van der Waals surface area (Å²) in [5, 5.41) is 22.0. The number of rotatable bonds is 12. The van der Waals surface area contributed by atoms with Crippen molar-refractivity contribution in [2.24, 2.45) is 0 Å². The lowest BCUT2D eigenvalue weighted by molar-refractivity contribution is -0.137. The zero-order chi connectivity index (χ0) is 22.9. The summed E-state index contributed by atoms with van der Waals surface area (Å²) in [4.78, 5) is 36.6. The largest absolute Gasteiger partial charge is 0.481 e. The van der Waals surface area contributed by atoms with Gasteiger partial charge in [-0.3, -0.25) is 14.9 Å². The fourth-order valence-corrected chi connectivity index (χ4v) is 4.14. The molecule has 1 aliphatic heterocycles. The molecule has 2 aromatic carbocycles. The van der Waals surface area contributed by atoms with E-state index in [4.69, 9.17) is 5.11 Å². The Labute approximate surface area is 188 Å². The fourth-order valence-electron chi connectivity index (χ4n) is 4.14. The molecule has 2 unspecified atom stereocenters. The van der Waals surface area contributed by atoms with Crippen molar-refractivity contribution in [2.75, 3.05) is 6.54 Å². The third-order valence-corrected chi connectivity index (χ3v) is 5.84. The van der Waals surface area contributed by atoms with E-state index in [1.165, 1.54) is 4.90 Å². The Kier molecular flexibility index (Phi) is 8.39. The molecule has 3 rings (SSSR count). The molecule has 0 saturated carbocycles. The standard InChI is InChI=1S/C25H30N2O5/c28-22(20-13-9-8-12-19(20)18-10-4-3-5-11-18)16-17-27-21(24(31)26-25(27)32)14-6-1-2-7-15-23(29)30/h3-5,8-13,21-22,28H,1-2,6-7,14-17H2,(H,29,30)(H,26,31,32). The maximum absolute atomic E-state index is 12.3. The summed E-state index contributed by atoms with van der Waals surface area (Å²) < 4.78 is 0. The van der Waals surface area contributed by atoms with E-state index in [0.29, 0.717) is 19.3 Å². The molecule has 0 aromatic heterocycles. The molecule has 2 aromatic rings. The van der Waals surface area contributed by atoms with Gasteiger partial charge in [-0.2, -0.15) is 0 Å². The van der Waals surface area contributed by atoms with Crippen LogP contribution in [0.4, 0.5) is 4.79 Å². The number of hydrogen-bond acceptors (Lipinski definition) is 4. The van der Waals surface area contributed by atoms with E-state index in [0.717, 1.165) is 36.0 Å². The summed E-state index contributed by atoms with van der Waals surface area (Å²) in [6.45, 7) is 0.269. The quantitative estimate of drug-likeness (QED) is 0.341. The Bertz CT molecular complexity index is 931. The van der Waals surface area contributed by atoms with Gasteiger partial charge in [0.05, 0.1) is 6.10 Å². The van der Waals surface area contributed by atoms with E-state index in [1.807, 2.05) is 54.6 Å². The molecule has 1 fully saturated rings. The Morgan fingerprint density at radius 1 is 0.969 bits per heavy atom. The first-order valence-corrected chi connectivity index (χ1v) is 11.1. The number of imide groups is 1. The predicted molar refractivity (Wildman–Crippen MR) is 121 cm³/mol. The van der Waals surface area contributed by atoms with Gasteiger partial charge < -0.3 is 15.1 Å². The molecular weight excluding hydrogens is 408 g/mol. The summed E-state index contributed by atoms with van der Waals surface area (Å²) in [6.07, 6.45) is 3.17. The van der Waals surface area contributed by atoms with Crippen LogP contribution in [-0.2, 0) is 9.59 Å². The van der Waals surface area contributed by atoms with Gasteiger partial charge in [-0.05, 0) is 36.0 Å². The van der Waals surface area contributed by atoms with Crippen molar-refractivity contribution in [3.05, 3.63) is 60.2 Å². The molecule has 0 aliphatic carbocycles. The van der Waals surface area contributed by atoms with Crippen LogP contribution in [-0.4, -0.2) is 45.6 Å². The Morgan fingerprint density at radius 2 is 1.66 bits per heavy atom. The van der Waals surface area contributed by atoms with Crippen LogP contribution >= 0.6 is 0 Å². The maximum atomic E-state index is 12.3. The van der Waals surface area contributed by atoms with Crippen molar-refractivity contribution >= 4 is 17.9 Å². The SMILES string of the molecule is O=C(O)CCCCCCC1C(=O)NC(=O)N1CCC(O)c1ccccc1-c1ccccc1. The van der Waals surface area contributed by atoms with E-state index in [2.05, 4.69) is 5.32 Å². The number of carbonyl (C=O) groups is 3. The number of benzene rings is 2. The van der Waals surface area contributed by atoms with Gasteiger partial charge in [0, 0.05) is 13.0 Å². The third-order valence-electron chi connectivity index (χ3n) is 5.84. The highest BCUT2D eigenvalue weighted by atomic mass is 16.4. The fraction of sp³-hybridized carbons (Fsp3) is 0.400. The molecule has 1 saturated heterocycles. The minimum atomic E-state index is -0.802. The lowest BCUT2D eigenvalue weighted by Crippen LogP contribution is -2.36. The number of aliphatic hydroxyl groups is 1. The number of unbranched alkanes of at least 4 members (excludes halogenated alkanes) is 3. The summed E-state index contributed by atoms with van der Waals surface area (Å²) in [6, 6.07) is 16.5. The van der Waals surface area contributed by atoms with Crippen LogP contribution in [0.3, 0.4) is 0 Å². The summed E-state index contributed by atoms with van der Waals surface area (Å²) >= 11 is 0. The Balaban J connectivity index is 1.57. The smallest absolute Gasteiger partial charge is 0.324 e. The summed E-state index contributed by atoms with van der Waals surface area (Å²) in [5.74, 6) is -1.11. The normalized spacial score (nSPS) is 16.8. The molecule has 3 amide bonds. The molecule has 0 bridgehead atoms. The Morgan fingerprint density at radius 3 is 2.41 bits per heavy atom. The van der Waals surface area contributed by atoms with Crippen LogP contribution in [0.25, 0.3) is 11.1 Å². The number of aliphatic hydroxyl groups excluding tert-OH is 1. The minimum Gasteiger partial charge on any atom is -0.481 e. The molecule has 1 aliphatic rings. The van der Waals surface area contributed by atoms with E-state index in [-0.39, 0.29) is 18.9 Å². The number of amides is 3. The molecule has 7 heteroatoms. The van der Waals surface area contributed by atoms with Crippen molar-refractivity contribution in [2.45, 2.75) is 57.1 Å². The lowest BCUT2D eigenvalue weighted by atomic mass is 9.94. The van der Waals surface area contributed by atoms with E-state index in [9.17, 15) is 19.5 Å². The van der Waals surface area contributed by atoms with Crippen LogP contribution in [0, 0.1) is 0 Å². The van der Waals surface area contributed by atoms with Gasteiger partial charge in [-0.1, -0.05) is 73.9 Å². The Hall–Kier alpha value is -3.19. The molecule has 7 nitrogen and oxygen atoms in total. The van der Waals surface area contributed by atoms with Gasteiger partial charge in [0.25, 0.3) is 5.91 Å². The third kappa shape index (κ3) is 6.17. The number of urea groups is 1. The molecule has 3 N–H and O–H groups in total. The average Bonchev–Trinajstić information content (AvgIpc) is 3.06. The van der Waals surface area contributed by atoms with E-state index < -0.39 is 24.1 Å². The zero-order valence-corrected chi connectivity index (χ0v) is 18.1. The zero-order valence-electron chi connectivity index (χ0n) is 18.1. The molecule has 1 heterocycles. The van der Waals surface area contributed by atoms with Crippen molar-refractivity contribution in [3.63, 3.8) is 0 Å². The second kappa shape index (κ2) is 11.4. The average molecular weight is 439 g/mol. The first-order chi connectivity index (χ1) is 15.5. The van der Waals surface area contributed by atoms with Gasteiger partial charge in [-0.15, -0.1) is 0 Å². The first kappa shape index (κ1) is 23.5. The monoisotopic (exact) mass is 438 g/mol. The first-order valence-electron chi connectivity index (χ1n) is 11.1. The van der Waals surface area contributed by atoms with Gasteiger partial charge in [0.1, 0.15) is 6.04 Å². The van der Waals surface area contributed by atoms with Crippen molar-refractivity contribution in [3.8, 4) is 11.1 Å². The molecule has 170 valence electrons. The molecule has 0 radical (unpaired) electrons. The van der Waals surface area contributed by atoms with Gasteiger partial charge in [-0.25, -0.2) is 4.79 Å².